The van der Waals surface area contributed by atoms with E-state index in [-0.39, 0.29) is 11.6 Å². The quantitative estimate of drug-likeness (QED) is 0.813. The number of phenolic OH excluding ortho intramolecular Hbond substituents is 1. The van der Waals surface area contributed by atoms with Crippen LogP contribution in [0.15, 0.2) is 53.0 Å². The van der Waals surface area contributed by atoms with E-state index < -0.39 is 0 Å². The van der Waals surface area contributed by atoms with Crippen molar-refractivity contribution in [1.29, 1.82) is 0 Å². The van der Waals surface area contributed by atoms with E-state index in [0.717, 1.165) is 11.1 Å². The lowest BCUT2D eigenvalue weighted by molar-refractivity contribution is 0.415. The van der Waals surface area contributed by atoms with Crippen LogP contribution in [0.5, 0.6) is 11.5 Å². The van der Waals surface area contributed by atoms with Crippen LogP contribution in [0.25, 0.3) is 10.8 Å². The molecule has 5 nitrogen and oxygen atoms in total. The maximum absolute atomic E-state index is 10.1. The molecule has 0 saturated heterocycles. The molecule has 0 aliphatic rings. The number of nitrogens with zero attached hydrogens (tertiary/aromatic N) is 2. The van der Waals surface area contributed by atoms with Gasteiger partial charge in [0.2, 0.25) is 0 Å². The minimum Gasteiger partial charge on any atom is -0.505 e. The van der Waals surface area contributed by atoms with Crippen molar-refractivity contribution in [2.75, 3.05) is 7.11 Å². The van der Waals surface area contributed by atoms with E-state index >= 15 is 0 Å². The summed E-state index contributed by atoms with van der Waals surface area (Å²) >= 11 is 0. The van der Waals surface area contributed by atoms with Gasteiger partial charge in [0.05, 0.1) is 7.11 Å². The van der Waals surface area contributed by atoms with E-state index in [9.17, 15) is 5.11 Å². The van der Waals surface area contributed by atoms with Gasteiger partial charge < -0.3 is 15.6 Å². The number of hydrogen-bond donors (Lipinski definition) is 2. The van der Waals surface area contributed by atoms with Crippen LogP contribution < -0.4 is 10.5 Å². The van der Waals surface area contributed by atoms with Gasteiger partial charge >= 0.3 is 0 Å². The van der Waals surface area contributed by atoms with Crippen molar-refractivity contribution < 1.29 is 9.84 Å². The molecule has 0 amide bonds. The number of phenols is 1. The molecule has 2 rings (SSSR count). The second-order valence-corrected chi connectivity index (χ2v) is 3.71. The number of methoxy groups -OCH3 is 1. The van der Waals surface area contributed by atoms with E-state index in [4.69, 9.17) is 10.5 Å². The fraction of sp³-hybridized carbons (Fsp3) is 0.0769. The van der Waals surface area contributed by atoms with Gasteiger partial charge in [-0.25, -0.2) is 0 Å². The first-order chi connectivity index (χ1) is 8.61. The first-order valence-corrected chi connectivity index (χ1v) is 5.27. The van der Waals surface area contributed by atoms with E-state index in [1.54, 1.807) is 25.3 Å². The van der Waals surface area contributed by atoms with Gasteiger partial charge in [-0.1, -0.05) is 12.6 Å². The van der Waals surface area contributed by atoms with Crippen LogP contribution in [0.1, 0.15) is 0 Å². The van der Waals surface area contributed by atoms with E-state index in [1.165, 1.54) is 0 Å². The highest BCUT2D eigenvalue weighted by Gasteiger charge is 2.06. The minimum absolute atomic E-state index is 0.0557. The lowest BCUT2D eigenvalue weighted by Gasteiger charge is -2.05. The molecule has 0 saturated carbocycles. The highest BCUT2D eigenvalue weighted by atomic mass is 16.5. The van der Waals surface area contributed by atoms with Gasteiger partial charge in [0, 0.05) is 5.39 Å². The average Bonchev–Trinajstić information content (AvgIpc) is 2.37. The predicted molar refractivity (Wildman–Crippen MR) is 70.0 cm³/mol. The van der Waals surface area contributed by atoms with Gasteiger partial charge in [0.1, 0.15) is 17.3 Å². The zero-order valence-electron chi connectivity index (χ0n) is 9.92. The van der Waals surface area contributed by atoms with Crippen molar-refractivity contribution in [3.63, 3.8) is 0 Å². The number of benzene rings is 2. The van der Waals surface area contributed by atoms with Gasteiger partial charge in [-0.2, -0.15) is 0 Å². The second kappa shape index (κ2) is 4.75. The smallest absolute Gasteiger partial charge is 0.150 e. The summed E-state index contributed by atoms with van der Waals surface area (Å²) in [4.78, 5) is 0. The first kappa shape index (κ1) is 11.9. The third-order valence-corrected chi connectivity index (χ3v) is 2.46. The normalized spacial score (nSPS) is 10.9. The lowest BCUT2D eigenvalue weighted by atomic mass is 10.1. The van der Waals surface area contributed by atoms with Gasteiger partial charge in [0.15, 0.2) is 5.75 Å². The maximum Gasteiger partial charge on any atom is 0.150 e. The van der Waals surface area contributed by atoms with Crippen molar-refractivity contribution in [1.82, 2.24) is 0 Å². The van der Waals surface area contributed by atoms with Crippen molar-refractivity contribution in [3.05, 3.63) is 42.7 Å². The summed E-state index contributed by atoms with van der Waals surface area (Å²) in [6.45, 7) is 3.40. The van der Waals surface area contributed by atoms with Crippen molar-refractivity contribution in [3.8, 4) is 11.5 Å². The Hall–Kier alpha value is -2.56. The maximum atomic E-state index is 10.1. The molecule has 0 bridgehead atoms. The van der Waals surface area contributed by atoms with Gasteiger partial charge in [-0.15, -0.1) is 10.2 Å². The topological polar surface area (TPSA) is 80.2 Å². The number of azo groups is 1. The Bertz CT molecular complexity index is 635. The molecule has 0 fully saturated rings. The molecule has 2 aromatic rings. The molecule has 0 aromatic heterocycles. The Morgan fingerprint density at radius 3 is 2.78 bits per heavy atom. The molecule has 2 aromatic carbocycles. The molecule has 0 aliphatic carbocycles. The molecular weight excluding hydrogens is 230 g/mol. The zero-order valence-corrected chi connectivity index (χ0v) is 9.92. The fourth-order valence-corrected chi connectivity index (χ4v) is 1.61. The van der Waals surface area contributed by atoms with Crippen LogP contribution in [0.3, 0.4) is 0 Å². The summed E-state index contributed by atoms with van der Waals surface area (Å²) in [5.41, 5.74) is 5.63. The Morgan fingerprint density at radius 2 is 2.11 bits per heavy atom. The number of rotatable bonds is 3. The Labute approximate surface area is 104 Å². The van der Waals surface area contributed by atoms with Gasteiger partial charge in [0.25, 0.3) is 0 Å². The molecule has 0 unspecified atom stereocenters. The number of fused-ring (bicyclic) bond motifs is 1. The summed E-state index contributed by atoms with van der Waals surface area (Å²) in [6, 6.07) is 8.84. The van der Waals surface area contributed by atoms with Crippen LogP contribution in [0, 0.1) is 0 Å². The molecule has 0 heterocycles. The summed E-state index contributed by atoms with van der Waals surface area (Å²) in [7, 11) is 1.59. The van der Waals surface area contributed by atoms with E-state index in [1.807, 2.05) is 12.1 Å². The monoisotopic (exact) mass is 243 g/mol. The fourth-order valence-electron chi connectivity index (χ4n) is 1.61. The summed E-state index contributed by atoms with van der Waals surface area (Å²) in [5, 5.41) is 19.0. The number of ether oxygens (including phenoxy) is 1. The summed E-state index contributed by atoms with van der Waals surface area (Å²) in [5.74, 6) is 0.871. The highest BCUT2D eigenvalue weighted by molar-refractivity contribution is 5.93. The summed E-state index contributed by atoms with van der Waals surface area (Å²) < 4.78 is 5.12. The van der Waals surface area contributed by atoms with Crippen LogP contribution in [0.4, 0.5) is 5.69 Å². The molecule has 0 atom stereocenters. The van der Waals surface area contributed by atoms with Gasteiger partial charge in [-0.05, 0) is 29.7 Å². The number of hydrogen-bond acceptors (Lipinski definition) is 5. The van der Waals surface area contributed by atoms with Crippen molar-refractivity contribution >= 4 is 16.5 Å². The predicted octanol–water partition coefficient (Wildman–Crippen LogP) is 3.07. The average molecular weight is 243 g/mol. The van der Waals surface area contributed by atoms with Gasteiger partial charge in [-0.3, -0.25) is 0 Å². The number of nitrogens with two attached hydrogens (primary N) is 1. The molecule has 5 heteroatoms. The second-order valence-electron chi connectivity index (χ2n) is 3.71. The molecular formula is C13H13N3O2. The third-order valence-electron chi connectivity index (χ3n) is 2.46. The Morgan fingerprint density at radius 1 is 1.33 bits per heavy atom. The van der Waals surface area contributed by atoms with Crippen LogP contribution in [-0.4, -0.2) is 12.2 Å². The Balaban J connectivity index is 2.54. The van der Waals surface area contributed by atoms with Crippen LogP contribution in [0.2, 0.25) is 0 Å². The van der Waals surface area contributed by atoms with Crippen LogP contribution >= 0.6 is 0 Å². The van der Waals surface area contributed by atoms with E-state index in [2.05, 4.69) is 16.8 Å². The molecule has 92 valence electrons. The van der Waals surface area contributed by atoms with Crippen molar-refractivity contribution in [2.24, 2.45) is 16.0 Å². The Kier molecular flexibility index (Phi) is 3.14. The minimum atomic E-state index is 0.0557. The summed E-state index contributed by atoms with van der Waals surface area (Å²) in [6.07, 6.45) is 0. The molecule has 0 radical (unpaired) electrons. The van der Waals surface area contributed by atoms with E-state index in [0.29, 0.717) is 11.1 Å². The zero-order chi connectivity index (χ0) is 13.1. The van der Waals surface area contributed by atoms with Crippen molar-refractivity contribution in [2.45, 2.75) is 0 Å². The largest absolute Gasteiger partial charge is 0.505 e. The number of aromatic hydroxyl groups is 1. The standard InChI is InChI=1S/C13H13N3O2/c1-8(14)15-16-12-6-3-9-7-10(18-2)4-5-11(9)13(12)17/h3-7,17H,1,14H2,2H3. The molecule has 3 N–H and O–H groups in total. The highest BCUT2D eigenvalue weighted by Crippen LogP contribution is 2.36. The molecule has 0 aliphatic heterocycles. The first-order valence-electron chi connectivity index (χ1n) is 5.27. The SMILES string of the molecule is C=C(N)N=Nc1ccc2cc(OC)ccc2c1O. The lowest BCUT2D eigenvalue weighted by Crippen LogP contribution is -1.87. The molecule has 0 spiro atoms. The molecule has 18 heavy (non-hydrogen) atoms. The van der Waals surface area contributed by atoms with Crippen LogP contribution in [-0.2, 0) is 0 Å². The third kappa shape index (κ3) is 2.24.